The lowest BCUT2D eigenvalue weighted by molar-refractivity contribution is 0.0940. The first-order chi connectivity index (χ1) is 11.2. The summed E-state index contributed by atoms with van der Waals surface area (Å²) in [6.07, 6.45) is 6.83. The fraction of sp³-hybridized carbons (Fsp3) is 0.500. The van der Waals surface area contributed by atoms with Crippen LogP contribution >= 0.6 is 0 Å². The Morgan fingerprint density at radius 1 is 1.39 bits per heavy atom. The van der Waals surface area contributed by atoms with Crippen LogP contribution in [-0.4, -0.2) is 32.2 Å². The number of rotatable bonds is 7. The molecule has 5 heteroatoms. The topological polar surface area (TPSA) is 73.6 Å². The number of hydrogen-bond donors (Lipinski definition) is 2. The summed E-state index contributed by atoms with van der Waals surface area (Å²) in [4.78, 5) is 12.6. The third-order valence-electron chi connectivity index (χ3n) is 4.04. The van der Waals surface area contributed by atoms with E-state index in [1.807, 2.05) is 6.92 Å². The van der Waals surface area contributed by atoms with Gasteiger partial charge in [0.2, 0.25) is 0 Å². The van der Waals surface area contributed by atoms with Gasteiger partial charge in [-0.2, -0.15) is 0 Å². The monoisotopic (exact) mass is 318 g/mol. The fourth-order valence-corrected chi connectivity index (χ4v) is 2.73. The zero-order chi connectivity index (χ0) is 16.7. The Bertz CT molecular complexity index is 569. The molecular weight excluding hydrogens is 292 g/mol. The van der Waals surface area contributed by atoms with Gasteiger partial charge in [0, 0.05) is 18.7 Å². The molecule has 1 amide bonds. The second kappa shape index (κ2) is 8.58. The van der Waals surface area contributed by atoms with Crippen molar-refractivity contribution in [3.05, 3.63) is 35.4 Å². The van der Waals surface area contributed by atoms with Crippen molar-refractivity contribution in [1.29, 1.82) is 0 Å². The van der Waals surface area contributed by atoms with Gasteiger partial charge in [-0.15, -0.1) is 0 Å². The zero-order valence-electron chi connectivity index (χ0n) is 13.9. The van der Waals surface area contributed by atoms with Crippen LogP contribution in [0, 0.1) is 0 Å². The molecule has 0 heterocycles. The van der Waals surface area contributed by atoms with Crippen LogP contribution in [0.3, 0.4) is 0 Å². The highest BCUT2D eigenvalue weighted by molar-refractivity contribution is 5.97. The Balaban J connectivity index is 2.12. The molecule has 3 N–H and O–H groups in total. The first kappa shape index (κ1) is 17.3. The van der Waals surface area contributed by atoms with E-state index < -0.39 is 0 Å². The Kier molecular flexibility index (Phi) is 6.47. The van der Waals surface area contributed by atoms with E-state index in [0.717, 1.165) is 12.8 Å². The first-order valence-corrected chi connectivity index (χ1v) is 8.16. The van der Waals surface area contributed by atoms with Crippen molar-refractivity contribution < 1.29 is 14.3 Å². The summed E-state index contributed by atoms with van der Waals surface area (Å²) in [5.41, 5.74) is 7.30. The van der Waals surface area contributed by atoms with Crippen molar-refractivity contribution in [2.24, 2.45) is 5.73 Å². The molecule has 1 aliphatic rings. The van der Waals surface area contributed by atoms with Crippen LogP contribution in [0.4, 0.5) is 0 Å². The predicted octanol–water partition coefficient (Wildman–Crippen LogP) is 2.65. The van der Waals surface area contributed by atoms with E-state index in [1.165, 1.54) is 18.4 Å². The van der Waals surface area contributed by atoms with Crippen molar-refractivity contribution in [1.82, 2.24) is 5.32 Å². The lowest BCUT2D eigenvalue weighted by Gasteiger charge is -2.21. The van der Waals surface area contributed by atoms with Gasteiger partial charge in [-0.1, -0.05) is 11.6 Å². The number of carbonyl (C=O) groups is 1. The molecule has 0 saturated carbocycles. The lowest BCUT2D eigenvalue weighted by Crippen LogP contribution is -2.34. The number of nitrogens with two attached hydrogens (primary N) is 1. The summed E-state index contributed by atoms with van der Waals surface area (Å²) in [5.74, 6) is 1.01. The smallest absolute Gasteiger partial charge is 0.255 e. The van der Waals surface area contributed by atoms with Crippen LogP contribution < -0.4 is 20.5 Å². The van der Waals surface area contributed by atoms with Crippen LogP contribution in [0.25, 0.3) is 0 Å². The molecule has 0 unspecified atom stereocenters. The molecule has 0 saturated heterocycles. The van der Waals surface area contributed by atoms with Gasteiger partial charge < -0.3 is 20.5 Å². The highest BCUT2D eigenvalue weighted by Gasteiger charge is 2.18. The highest BCUT2D eigenvalue weighted by Crippen LogP contribution is 2.26. The van der Waals surface area contributed by atoms with Gasteiger partial charge in [0.25, 0.3) is 5.91 Å². The van der Waals surface area contributed by atoms with Crippen molar-refractivity contribution in [2.45, 2.75) is 38.6 Å². The van der Waals surface area contributed by atoms with Crippen molar-refractivity contribution in [3.63, 3.8) is 0 Å². The molecule has 0 radical (unpaired) electrons. The number of amides is 1. The third-order valence-corrected chi connectivity index (χ3v) is 4.04. The number of ether oxygens (including phenoxy) is 2. The van der Waals surface area contributed by atoms with Gasteiger partial charge in [0.05, 0.1) is 12.7 Å². The Labute approximate surface area is 137 Å². The number of benzene rings is 1. The Hall–Kier alpha value is -2.01. The largest absolute Gasteiger partial charge is 0.497 e. The van der Waals surface area contributed by atoms with Crippen LogP contribution in [-0.2, 0) is 0 Å². The van der Waals surface area contributed by atoms with Gasteiger partial charge in [-0.3, -0.25) is 4.79 Å². The predicted molar refractivity (Wildman–Crippen MR) is 91.0 cm³/mol. The van der Waals surface area contributed by atoms with Crippen LogP contribution in [0.1, 0.15) is 43.0 Å². The van der Waals surface area contributed by atoms with E-state index in [1.54, 1.807) is 25.3 Å². The average molecular weight is 318 g/mol. The SMILES string of the molecule is COc1ccc(C(=O)N[C@H](C)C2=CCCCC2)c(OCCN)c1. The number of carbonyl (C=O) groups excluding carboxylic acids is 1. The summed E-state index contributed by atoms with van der Waals surface area (Å²) in [7, 11) is 1.58. The molecular formula is C18H26N2O3. The number of methoxy groups -OCH3 is 1. The van der Waals surface area contributed by atoms with Crippen LogP contribution in [0.5, 0.6) is 11.5 Å². The van der Waals surface area contributed by atoms with Crippen LogP contribution in [0.2, 0.25) is 0 Å². The van der Waals surface area contributed by atoms with E-state index in [4.69, 9.17) is 15.2 Å². The molecule has 0 bridgehead atoms. The molecule has 126 valence electrons. The zero-order valence-corrected chi connectivity index (χ0v) is 13.9. The van der Waals surface area contributed by atoms with Gasteiger partial charge >= 0.3 is 0 Å². The minimum atomic E-state index is -0.140. The van der Waals surface area contributed by atoms with E-state index in [9.17, 15) is 4.79 Å². The third kappa shape index (κ3) is 4.73. The summed E-state index contributed by atoms with van der Waals surface area (Å²) in [5, 5.41) is 3.06. The molecule has 5 nitrogen and oxygen atoms in total. The number of hydrogen-bond acceptors (Lipinski definition) is 4. The highest BCUT2D eigenvalue weighted by atomic mass is 16.5. The summed E-state index contributed by atoms with van der Waals surface area (Å²) >= 11 is 0. The summed E-state index contributed by atoms with van der Waals surface area (Å²) < 4.78 is 10.8. The van der Waals surface area contributed by atoms with E-state index in [2.05, 4.69) is 11.4 Å². The van der Waals surface area contributed by atoms with Crippen molar-refractivity contribution >= 4 is 5.91 Å². The molecule has 1 aromatic carbocycles. The standard InChI is InChI=1S/C18H26N2O3/c1-13(14-6-4-3-5-7-14)20-18(21)16-9-8-15(22-2)12-17(16)23-11-10-19/h6,8-9,12-13H,3-5,7,10-11,19H2,1-2H3,(H,20,21)/t13-/m1/s1. The summed E-state index contributed by atoms with van der Waals surface area (Å²) in [6.45, 7) is 2.77. The molecule has 0 aromatic heterocycles. The molecule has 0 spiro atoms. The lowest BCUT2D eigenvalue weighted by atomic mass is 9.94. The van der Waals surface area contributed by atoms with Crippen molar-refractivity contribution in [2.75, 3.05) is 20.3 Å². The van der Waals surface area contributed by atoms with Gasteiger partial charge in [0.1, 0.15) is 18.1 Å². The molecule has 2 rings (SSSR count). The van der Waals surface area contributed by atoms with E-state index >= 15 is 0 Å². The maximum Gasteiger partial charge on any atom is 0.255 e. The Morgan fingerprint density at radius 3 is 2.87 bits per heavy atom. The van der Waals surface area contributed by atoms with Gasteiger partial charge in [0.15, 0.2) is 0 Å². The minimum Gasteiger partial charge on any atom is -0.497 e. The first-order valence-electron chi connectivity index (χ1n) is 8.16. The van der Waals surface area contributed by atoms with Gasteiger partial charge in [-0.25, -0.2) is 0 Å². The fourth-order valence-electron chi connectivity index (χ4n) is 2.73. The maximum atomic E-state index is 12.6. The molecule has 0 aliphatic heterocycles. The molecule has 1 atom stereocenters. The van der Waals surface area contributed by atoms with E-state index in [-0.39, 0.29) is 11.9 Å². The second-order valence-electron chi connectivity index (χ2n) is 5.72. The number of nitrogens with one attached hydrogen (secondary N) is 1. The normalized spacial score (nSPS) is 15.5. The minimum absolute atomic E-state index is 0.0345. The quantitative estimate of drug-likeness (QED) is 0.758. The number of allylic oxidation sites excluding steroid dienone is 1. The van der Waals surface area contributed by atoms with Crippen LogP contribution in [0.15, 0.2) is 29.8 Å². The Morgan fingerprint density at radius 2 is 2.22 bits per heavy atom. The molecule has 23 heavy (non-hydrogen) atoms. The molecule has 1 aromatic rings. The average Bonchev–Trinajstić information content (AvgIpc) is 2.60. The maximum absolute atomic E-state index is 12.6. The van der Waals surface area contributed by atoms with Gasteiger partial charge in [-0.05, 0) is 44.7 Å². The molecule has 1 aliphatic carbocycles. The van der Waals surface area contributed by atoms with E-state index in [0.29, 0.717) is 30.2 Å². The van der Waals surface area contributed by atoms with Crippen molar-refractivity contribution in [3.8, 4) is 11.5 Å². The summed E-state index contributed by atoms with van der Waals surface area (Å²) in [6, 6.07) is 5.23. The second-order valence-corrected chi connectivity index (χ2v) is 5.72. The molecule has 0 fully saturated rings.